The molecule has 2 aromatic heterocycles. The van der Waals surface area contributed by atoms with Crippen LogP contribution in [0.25, 0.3) is 10.8 Å². The first-order chi connectivity index (χ1) is 13.3. The minimum absolute atomic E-state index is 0.193. The van der Waals surface area contributed by atoms with Crippen molar-refractivity contribution in [1.29, 1.82) is 0 Å². The number of fused-ring (bicyclic) bond motifs is 1. The van der Waals surface area contributed by atoms with Crippen LogP contribution in [0.15, 0.2) is 47.7 Å². The average molecular weight is 495 g/mol. The van der Waals surface area contributed by atoms with Gasteiger partial charge in [0.1, 0.15) is 11.9 Å². The van der Waals surface area contributed by atoms with Gasteiger partial charge in [0.2, 0.25) is 0 Å². The average Bonchev–Trinajstić information content (AvgIpc) is 2.98. The van der Waals surface area contributed by atoms with Crippen molar-refractivity contribution >= 4 is 44.7 Å². The van der Waals surface area contributed by atoms with E-state index in [1.807, 2.05) is 42.5 Å². The van der Waals surface area contributed by atoms with E-state index in [4.69, 9.17) is 9.47 Å². The van der Waals surface area contributed by atoms with Crippen LogP contribution in [0.4, 0.5) is 15.8 Å². The van der Waals surface area contributed by atoms with Crippen molar-refractivity contribution in [3.63, 3.8) is 0 Å². The molecule has 1 atom stereocenters. The normalized spacial score (nSPS) is 18.5. The number of halogens is 2. The summed E-state index contributed by atoms with van der Waals surface area (Å²) in [5.41, 5.74) is 0.557. The van der Waals surface area contributed by atoms with Gasteiger partial charge in [0.05, 0.1) is 36.1 Å². The molecule has 4 rings (SSSR count). The Morgan fingerprint density at radius 2 is 2.14 bits per heavy atom. The van der Waals surface area contributed by atoms with Crippen LogP contribution in [0, 0.1) is 9.39 Å². The van der Waals surface area contributed by atoms with Crippen molar-refractivity contribution in [1.82, 2.24) is 9.55 Å². The van der Waals surface area contributed by atoms with Crippen LogP contribution in [0.1, 0.15) is 13.8 Å². The molecule has 3 heterocycles. The van der Waals surface area contributed by atoms with Gasteiger partial charge in [-0.1, -0.05) is 0 Å². The van der Waals surface area contributed by atoms with E-state index in [0.29, 0.717) is 35.3 Å². The van der Waals surface area contributed by atoms with Crippen LogP contribution in [-0.4, -0.2) is 28.0 Å². The molecule has 1 aromatic carbocycles. The molecule has 8 heteroatoms. The largest absolute Gasteiger partial charge is 0.351 e. The molecule has 0 aliphatic carbocycles. The molecule has 1 fully saturated rings. The van der Waals surface area contributed by atoms with Crippen molar-refractivity contribution in [3.8, 4) is 0 Å². The zero-order valence-corrected chi connectivity index (χ0v) is 17.6. The summed E-state index contributed by atoms with van der Waals surface area (Å²) in [5, 5.41) is 4.14. The Labute approximate surface area is 174 Å². The van der Waals surface area contributed by atoms with E-state index >= 15 is 0 Å². The molecule has 0 bridgehead atoms. The van der Waals surface area contributed by atoms with Gasteiger partial charge in [-0.25, -0.2) is 4.39 Å². The SMILES string of the molecule is CC1(C)OC[C@H](Cn2ccc3cncc(Nc4ccc(I)cc4F)c3c2=O)O1. The lowest BCUT2D eigenvalue weighted by molar-refractivity contribution is -0.139. The topological polar surface area (TPSA) is 65.4 Å². The van der Waals surface area contributed by atoms with Crippen molar-refractivity contribution in [2.75, 3.05) is 11.9 Å². The fourth-order valence-corrected chi connectivity index (χ4v) is 3.72. The fraction of sp³-hybridized carbons (Fsp3) is 0.300. The van der Waals surface area contributed by atoms with E-state index < -0.39 is 5.79 Å². The molecule has 28 heavy (non-hydrogen) atoms. The van der Waals surface area contributed by atoms with E-state index in [2.05, 4.69) is 10.3 Å². The highest BCUT2D eigenvalue weighted by molar-refractivity contribution is 14.1. The van der Waals surface area contributed by atoms with E-state index in [1.54, 1.807) is 29.1 Å². The quantitative estimate of drug-likeness (QED) is 0.554. The standard InChI is InChI=1S/C20H19FIN3O3/c1-20(2)27-11-14(28-20)10-25-6-5-12-8-23-9-17(18(12)19(25)26)24-16-4-3-13(22)7-15(16)21/h3-9,14,24H,10-11H2,1-2H3/t14-/m0/s1. The minimum Gasteiger partial charge on any atom is -0.351 e. The van der Waals surface area contributed by atoms with Gasteiger partial charge < -0.3 is 19.4 Å². The summed E-state index contributed by atoms with van der Waals surface area (Å²) >= 11 is 2.05. The number of ether oxygens (including phenoxy) is 2. The number of nitrogens with zero attached hydrogens (tertiary/aromatic N) is 2. The molecule has 0 radical (unpaired) electrons. The summed E-state index contributed by atoms with van der Waals surface area (Å²) in [7, 11) is 0. The number of anilines is 2. The molecule has 146 valence electrons. The third-order valence-electron chi connectivity index (χ3n) is 4.55. The first-order valence-corrected chi connectivity index (χ1v) is 9.91. The third kappa shape index (κ3) is 3.89. The maximum atomic E-state index is 14.3. The molecule has 0 spiro atoms. The molecule has 6 nitrogen and oxygen atoms in total. The highest BCUT2D eigenvalue weighted by Gasteiger charge is 2.32. The number of nitrogens with one attached hydrogen (secondary N) is 1. The zero-order valence-electron chi connectivity index (χ0n) is 15.4. The Balaban J connectivity index is 1.71. The summed E-state index contributed by atoms with van der Waals surface area (Å²) in [6.07, 6.45) is 4.66. The summed E-state index contributed by atoms with van der Waals surface area (Å²) < 4.78 is 28.0. The predicted molar refractivity (Wildman–Crippen MR) is 113 cm³/mol. The lowest BCUT2D eigenvalue weighted by Gasteiger charge is -2.18. The Bertz CT molecular complexity index is 1100. The van der Waals surface area contributed by atoms with Crippen LogP contribution < -0.4 is 10.9 Å². The van der Waals surface area contributed by atoms with Gasteiger partial charge in [0, 0.05) is 21.4 Å². The highest BCUT2D eigenvalue weighted by Crippen LogP contribution is 2.26. The van der Waals surface area contributed by atoms with Crippen LogP contribution in [0.5, 0.6) is 0 Å². The van der Waals surface area contributed by atoms with Gasteiger partial charge in [-0.3, -0.25) is 9.78 Å². The van der Waals surface area contributed by atoms with Gasteiger partial charge >= 0.3 is 0 Å². The second-order valence-corrected chi connectivity index (χ2v) is 8.37. The smallest absolute Gasteiger partial charge is 0.260 e. The van der Waals surface area contributed by atoms with Crippen LogP contribution >= 0.6 is 22.6 Å². The monoisotopic (exact) mass is 495 g/mol. The van der Waals surface area contributed by atoms with Gasteiger partial charge in [-0.05, 0) is 60.7 Å². The lowest BCUT2D eigenvalue weighted by Crippen LogP contribution is -2.29. The molecular weight excluding hydrogens is 476 g/mol. The van der Waals surface area contributed by atoms with E-state index in [0.717, 1.165) is 3.57 Å². The molecule has 1 aliphatic rings. The van der Waals surface area contributed by atoms with Gasteiger partial charge in [-0.15, -0.1) is 0 Å². The molecule has 0 saturated carbocycles. The maximum absolute atomic E-state index is 14.3. The number of aromatic nitrogens is 2. The van der Waals surface area contributed by atoms with E-state index in [9.17, 15) is 9.18 Å². The molecule has 1 aliphatic heterocycles. The summed E-state index contributed by atoms with van der Waals surface area (Å²) in [5.74, 6) is -1.04. The maximum Gasteiger partial charge on any atom is 0.260 e. The number of hydrogen-bond acceptors (Lipinski definition) is 5. The first-order valence-electron chi connectivity index (χ1n) is 8.83. The van der Waals surface area contributed by atoms with Crippen LogP contribution in [0.3, 0.4) is 0 Å². The second kappa shape index (κ2) is 7.41. The third-order valence-corrected chi connectivity index (χ3v) is 5.22. The summed E-state index contributed by atoms with van der Waals surface area (Å²) in [4.78, 5) is 17.3. The highest BCUT2D eigenvalue weighted by atomic mass is 127. The van der Waals surface area contributed by atoms with Crippen molar-refractivity contribution in [2.45, 2.75) is 32.3 Å². The number of pyridine rings is 2. The number of hydrogen-bond donors (Lipinski definition) is 1. The second-order valence-electron chi connectivity index (χ2n) is 7.12. The van der Waals surface area contributed by atoms with Crippen LogP contribution in [-0.2, 0) is 16.0 Å². The molecule has 1 N–H and O–H groups in total. The van der Waals surface area contributed by atoms with Gasteiger partial charge in [0.15, 0.2) is 5.79 Å². The summed E-state index contributed by atoms with van der Waals surface area (Å²) in [6, 6.07) is 6.68. The van der Waals surface area contributed by atoms with Gasteiger partial charge in [-0.2, -0.15) is 0 Å². The fourth-order valence-electron chi connectivity index (χ4n) is 3.27. The molecule has 1 saturated heterocycles. The molecule has 0 unspecified atom stereocenters. The Kier molecular flexibility index (Phi) is 5.11. The minimum atomic E-state index is -0.649. The molecular formula is C20H19FIN3O3. The van der Waals surface area contributed by atoms with E-state index in [1.165, 1.54) is 12.3 Å². The Hall–Kier alpha value is -2.04. The number of benzene rings is 1. The Morgan fingerprint density at radius 1 is 1.32 bits per heavy atom. The molecule has 3 aromatic rings. The van der Waals surface area contributed by atoms with Crippen molar-refractivity contribution < 1.29 is 13.9 Å². The van der Waals surface area contributed by atoms with Crippen LogP contribution in [0.2, 0.25) is 0 Å². The zero-order chi connectivity index (χ0) is 19.9. The summed E-state index contributed by atoms with van der Waals surface area (Å²) in [6.45, 7) is 4.49. The lowest BCUT2D eigenvalue weighted by atomic mass is 10.2. The van der Waals surface area contributed by atoms with E-state index in [-0.39, 0.29) is 17.5 Å². The molecule has 0 amide bonds. The van der Waals surface area contributed by atoms with Gasteiger partial charge in [0.25, 0.3) is 5.56 Å². The van der Waals surface area contributed by atoms with Crippen molar-refractivity contribution in [3.05, 3.63) is 62.6 Å². The number of rotatable bonds is 4. The predicted octanol–water partition coefficient (Wildman–Crippen LogP) is 4.04. The first kappa shape index (κ1) is 19.3. The Morgan fingerprint density at radius 3 is 2.86 bits per heavy atom. The van der Waals surface area contributed by atoms with Crippen molar-refractivity contribution in [2.24, 2.45) is 0 Å².